The molecule has 0 radical (unpaired) electrons. The zero-order chi connectivity index (χ0) is 17.5. The number of rotatable bonds is 11. The second kappa shape index (κ2) is 9.07. The Hall–Kier alpha value is -1.02. The quantitative estimate of drug-likeness (QED) is 0.569. The first-order valence-corrected chi connectivity index (χ1v) is 8.85. The van der Waals surface area contributed by atoms with Gasteiger partial charge in [0.2, 0.25) is 0 Å². The van der Waals surface area contributed by atoms with Gasteiger partial charge in [0.25, 0.3) is 0 Å². The van der Waals surface area contributed by atoms with Crippen LogP contribution >= 0.6 is 0 Å². The predicted molar refractivity (Wildman–Crippen MR) is 91.3 cm³/mol. The van der Waals surface area contributed by atoms with Crippen molar-refractivity contribution in [2.75, 3.05) is 39.6 Å². The fourth-order valence-corrected chi connectivity index (χ4v) is 2.60. The van der Waals surface area contributed by atoms with Crippen LogP contribution in [0.5, 0.6) is 0 Å². The molecule has 6 nitrogen and oxygen atoms in total. The first kappa shape index (κ1) is 18.8. The maximum absolute atomic E-state index is 5.97. The lowest BCUT2D eigenvalue weighted by Gasteiger charge is -2.20. The van der Waals surface area contributed by atoms with Crippen LogP contribution in [0.2, 0.25) is 0 Å². The normalized spacial score (nSPS) is 25.8. The maximum atomic E-state index is 5.97. The first-order valence-electron chi connectivity index (χ1n) is 8.85. The lowest BCUT2D eigenvalue weighted by atomic mass is 10.2. The molecule has 3 rings (SSSR count). The van der Waals surface area contributed by atoms with E-state index in [-0.39, 0.29) is 18.3 Å². The predicted octanol–water partition coefficient (Wildman–Crippen LogP) is 2.16. The van der Waals surface area contributed by atoms with Crippen LogP contribution in [0.4, 0.5) is 0 Å². The van der Waals surface area contributed by atoms with E-state index in [1.807, 2.05) is 44.2 Å². The molecule has 1 aromatic carbocycles. The summed E-state index contributed by atoms with van der Waals surface area (Å²) >= 11 is 0. The number of ether oxygens (including phenoxy) is 6. The molecule has 6 heteroatoms. The molecule has 3 atom stereocenters. The Morgan fingerprint density at radius 3 is 2.32 bits per heavy atom. The molecule has 25 heavy (non-hydrogen) atoms. The van der Waals surface area contributed by atoms with Gasteiger partial charge in [0.15, 0.2) is 5.79 Å². The van der Waals surface area contributed by atoms with Crippen molar-refractivity contribution in [1.82, 2.24) is 0 Å². The third kappa shape index (κ3) is 7.01. The molecule has 0 aromatic heterocycles. The molecule has 0 amide bonds. The molecular formula is C19H28O6. The molecule has 140 valence electrons. The molecule has 2 aliphatic heterocycles. The lowest BCUT2D eigenvalue weighted by Crippen LogP contribution is -2.30. The summed E-state index contributed by atoms with van der Waals surface area (Å²) in [5, 5.41) is 0. The van der Waals surface area contributed by atoms with Gasteiger partial charge in [0.1, 0.15) is 18.3 Å². The Bertz CT molecular complexity index is 502. The van der Waals surface area contributed by atoms with Gasteiger partial charge in [-0.15, -0.1) is 0 Å². The number of epoxide rings is 1. The Kier molecular flexibility index (Phi) is 6.81. The standard InChI is InChI=1S/C19H28O6/c1-19(2)24-14-18(25-19)12-21-10-16(9-20-11-17-13-23-17)22-8-15-6-4-3-5-7-15/h3-7,16-18H,8-14H2,1-2H3. The topological polar surface area (TPSA) is 58.7 Å². The Labute approximate surface area is 149 Å². The van der Waals surface area contributed by atoms with E-state index in [4.69, 9.17) is 28.4 Å². The van der Waals surface area contributed by atoms with Crippen molar-refractivity contribution in [3.63, 3.8) is 0 Å². The zero-order valence-corrected chi connectivity index (χ0v) is 15.0. The summed E-state index contributed by atoms with van der Waals surface area (Å²) in [5.41, 5.74) is 1.13. The molecule has 0 aliphatic carbocycles. The third-order valence-electron chi connectivity index (χ3n) is 4.01. The van der Waals surface area contributed by atoms with Gasteiger partial charge in [-0.3, -0.25) is 0 Å². The number of hydrogen-bond donors (Lipinski definition) is 0. The smallest absolute Gasteiger partial charge is 0.163 e. The van der Waals surface area contributed by atoms with E-state index in [0.717, 1.165) is 12.2 Å². The molecular weight excluding hydrogens is 324 g/mol. The molecule has 2 fully saturated rings. The number of benzene rings is 1. The van der Waals surface area contributed by atoms with E-state index in [1.165, 1.54) is 0 Å². The van der Waals surface area contributed by atoms with Crippen LogP contribution in [-0.4, -0.2) is 63.7 Å². The summed E-state index contributed by atoms with van der Waals surface area (Å²) < 4.78 is 33.9. The summed E-state index contributed by atoms with van der Waals surface area (Å²) in [5.74, 6) is -0.523. The van der Waals surface area contributed by atoms with Crippen LogP contribution in [0, 0.1) is 0 Å². The van der Waals surface area contributed by atoms with Crippen molar-refractivity contribution in [1.29, 1.82) is 0 Å². The van der Waals surface area contributed by atoms with Crippen molar-refractivity contribution in [2.45, 2.75) is 44.6 Å². The van der Waals surface area contributed by atoms with Crippen LogP contribution in [0.1, 0.15) is 19.4 Å². The molecule has 2 aliphatic rings. The molecule has 0 bridgehead atoms. The molecule has 3 unspecified atom stereocenters. The second-order valence-electron chi connectivity index (χ2n) is 6.90. The summed E-state index contributed by atoms with van der Waals surface area (Å²) in [4.78, 5) is 0. The SMILES string of the molecule is CC1(C)OCC(COCC(COCC2CO2)OCc2ccccc2)O1. The van der Waals surface area contributed by atoms with Crippen LogP contribution in [0.3, 0.4) is 0 Å². The monoisotopic (exact) mass is 352 g/mol. The van der Waals surface area contributed by atoms with Crippen molar-refractivity contribution in [3.05, 3.63) is 35.9 Å². The van der Waals surface area contributed by atoms with E-state index in [9.17, 15) is 0 Å². The zero-order valence-electron chi connectivity index (χ0n) is 15.0. The minimum absolute atomic E-state index is 0.0365. The lowest BCUT2D eigenvalue weighted by molar-refractivity contribution is -0.148. The second-order valence-corrected chi connectivity index (χ2v) is 6.90. The highest BCUT2D eigenvalue weighted by atomic mass is 16.7. The molecule has 1 aromatic rings. The van der Waals surface area contributed by atoms with Gasteiger partial charge >= 0.3 is 0 Å². The van der Waals surface area contributed by atoms with Gasteiger partial charge in [-0.25, -0.2) is 0 Å². The highest BCUT2D eigenvalue weighted by Gasteiger charge is 2.32. The van der Waals surface area contributed by atoms with Crippen LogP contribution in [0.15, 0.2) is 30.3 Å². The van der Waals surface area contributed by atoms with Gasteiger partial charge in [0.05, 0.1) is 46.2 Å². The van der Waals surface area contributed by atoms with Gasteiger partial charge in [0, 0.05) is 0 Å². The van der Waals surface area contributed by atoms with Crippen molar-refractivity contribution in [2.24, 2.45) is 0 Å². The number of hydrogen-bond acceptors (Lipinski definition) is 6. The van der Waals surface area contributed by atoms with Gasteiger partial charge in [-0.2, -0.15) is 0 Å². The molecule has 0 spiro atoms. The van der Waals surface area contributed by atoms with Crippen molar-refractivity contribution >= 4 is 0 Å². The van der Waals surface area contributed by atoms with Crippen LogP contribution in [0.25, 0.3) is 0 Å². The average Bonchev–Trinajstić information content (AvgIpc) is 3.35. The fraction of sp³-hybridized carbons (Fsp3) is 0.684. The maximum Gasteiger partial charge on any atom is 0.163 e. The molecule has 2 heterocycles. The van der Waals surface area contributed by atoms with Crippen molar-refractivity contribution < 1.29 is 28.4 Å². The molecule has 2 saturated heterocycles. The highest BCUT2D eigenvalue weighted by Crippen LogP contribution is 2.22. The Morgan fingerprint density at radius 2 is 1.72 bits per heavy atom. The average molecular weight is 352 g/mol. The Morgan fingerprint density at radius 1 is 1.04 bits per heavy atom. The summed E-state index contributed by atoms with van der Waals surface area (Å²) in [6.45, 7) is 7.74. The minimum atomic E-state index is -0.523. The van der Waals surface area contributed by atoms with Gasteiger partial charge in [-0.1, -0.05) is 30.3 Å². The summed E-state index contributed by atoms with van der Waals surface area (Å²) in [6, 6.07) is 10.1. The third-order valence-corrected chi connectivity index (χ3v) is 4.01. The highest BCUT2D eigenvalue weighted by molar-refractivity contribution is 5.13. The Balaban J connectivity index is 1.38. The molecule has 0 N–H and O–H groups in total. The van der Waals surface area contributed by atoms with E-state index in [0.29, 0.717) is 39.6 Å². The van der Waals surface area contributed by atoms with Gasteiger partial charge in [-0.05, 0) is 19.4 Å². The first-order chi connectivity index (χ1) is 12.1. The van der Waals surface area contributed by atoms with Crippen molar-refractivity contribution in [3.8, 4) is 0 Å². The minimum Gasteiger partial charge on any atom is -0.376 e. The van der Waals surface area contributed by atoms with Crippen LogP contribution < -0.4 is 0 Å². The summed E-state index contributed by atoms with van der Waals surface area (Å²) in [6.07, 6.45) is 0.0850. The van der Waals surface area contributed by atoms with E-state index in [1.54, 1.807) is 0 Å². The summed E-state index contributed by atoms with van der Waals surface area (Å²) in [7, 11) is 0. The van der Waals surface area contributed by atoms with Crippen LogP contribution in [-0.2, 0) is 35.0 Å². The molecule has 0 saturated carbocycles. The van der Waals surface area contributed by atoms with E-state index >= 15 is 0 Å². The van der Waals surface area contributed by atoms with Gasteiger partial charge < -0.3 is 28.4 Å². The van der Waals surface area contributed by atoms with E-state index < -0.39 is 5.79 Å². The fourth-order valence-electron chi connectivity index (χ4n) is 2.60. The largest absolute Gasteiger partial charge is 0.376 e. The van der Waals surface area contributed by atoms with E-state index in [2.05, 4.69) is 0 Å².